The lowest BCUT2D eigenvalue weighted by molar-refractivity contribution is 0.0827. The van der Waals surface area contributed by atoms with Gasteiger partial charge < -0.3 is 15.0 Å². The molecule has 0 aliphatic heterocycles. The van der Waals surface area contributed by atoms with E-state index in [-0.39, 0.29) is 11.8 Å². The molecule has 120 valence electrons. The molecule has 0 aromatic heterocycles. The van der Waals surface area contributed by atoms with Gasteiger partial charge in [0.25, 0.3) is 11.8 Å². The van der Waals surface area contributed by atoms with Gasteiger partial charge in [0.05, 0.1) is 6.61 Å². The second-order valence-electron chi connectivity index (χ2n) is 5.20. The first-order valence-electron chi connectivity index (χ1n) is 7.37. The molecule has 0 aliphatic carbocycles. The number of amides is 2. The smallest absolute Gasteiger partial charge is 0.255 e. The summed E-state index contributed by atoms with van der Waals surface area (Å²) in [6, 6.07) is 13.8. The molecule has 5 nitrogen and oxygen atoms in total. The summed E-state index contributed by atoms with van der Waals surface area (Å²) in [7, 11) is 3.37. The van der Waals surface area contributed by atoms with Gasteiger partial charge >= 0.3 is 0 Å². The number of hydrogen-bond acceptors (Lipinski definition) is 3. The van der Waals surface area contributed by atoms with Crippen LogP contribution in [0, 0.1) is 0 Å². The highest BCUT2D eigenvalue weighted by atomic mass is 16.5. The number of hydrogen-bond donors (Lipinski definition) is 1. The Kier molecular flexibility index (Phi) is 5.36. The first-order valence-corrected chi connectivity index (χ1v) is 7.37. The number of ether oxygens (including phenoxy) is 1. The molecule has 5 heteroatoms. The van der Waals surface area contributed by atoms with E-state index in [1.54, 1.807) is 62.6 Å². The van der Waals surface area contributed by atoms with E-state index in [9.17, 15) is 9.59 Å². The first-order chi connectivity index (χ1) is 11.0. The van der Waals surface area contributed by atoms with Crippen molar-refractivity contribution in [3.63, 3.8) is 0 Å². The van der Waals surface area contributed by atoms with E-state index in [1.165, 1.54) is 4.90 Å². The van der Waals surface area contributed by atoms with Crippen molar-refractivity contribution in [2.75, 3.05) is 26.0 Å². The second kappa shape index (κ2) is 7.45. The van der Waals surface area contributed by atoms with Gasteiger partial charge in [-0.2, -0.15) is 0 Å². The summed E-state index contributed by atoms with van der Waals surface area (Å²) in [4.78, 5) is 25.8. The van der Waals surface area contributed by atoms with Crippen molar-refractivity contribution >= 4 is 17.5 Å². The minimum Gasteiger partial charge on any atom is -0.494 e. The third-order valence-electron chi connectivity index (χ3n) is 3.18. The Morgan fingerprint density at radius 2 is 1.74 bits per heavy atom. The lowest BCUT2D eigenvalue weighted by Crippen LogP contribution is -2.22. The van der Waals surface area contributed by atoms with Crippen molar-refractivity contribution in [3.05, 3.63) is 59.7 Å². The van der Waals surface area contributed by atoms with E-state index in [2.05, 4.69) is 5.32 Å². The van der Waals surface area contributed by atoms with Crippen molar-refractivity contribution < 1.29 is 14.3 Å². The molecule has 0 saturated carbocycles. The van der Waals surface area contributed by atoms with Crippen LogP contribution in [0.25, 0.3) is 0 Å². The predicted octanol–water partition coefficient (Wildman–Crippen LogP) is 3.04. The van der Waals surface area contributed by atoms with Gasteiger partial charge in [0.2, 0.25) is 0 Å². The molecule has 0 spiro atoms. The topological polar surface area (TPSA) is 58.6 Å². The minimum absolute atomic E-state index is 0.112. The van der Waals surface area contributed by atoms with Crippen LogP contribution in [0.5, 0.6) is 5.75 Å². The van der Waals surface area contributed by atoms with Crippen molar-refractivity contribution in [1.82, 2.24) is 4.90 Å². The molecule has 0 atom stereocenters. The molecular weight excluding hydrogens is 292 g/mol. The maximum atomic E-state index is 12.3. The van der Waals surface area contributed by atoms with Crippen molar-refractivity contribution in [3.8, 4) is 5.75 Å². The maximum Gasteiger partial charge on any atom is 0.255 e. The molecule has 0 bridgehead atoms. The van der Waals surface area contributed by atoms with Crippen molar-refractivity contribution in [2.24, 2.45) is 0 Å². The van der Waals surface area contributed by atoms with E-state index in [0.29, 0.717) is 29.2 Å². The molecule has 0 aliphatic rings. The zero-order valence-electron chi connectivity index (χ0n) is 13.5. The summed E-state index contributed by atoms with van der Waals surface area (Å²) >= 11 is 0. The Hall–Kier alpha value is -2.82. The lowest BCUT2D eigenvalue weighted by atomic mass is 10.1. The Morgan fingerprint density at radius 1 is 1.04 bits per heavy atom. The molecule has 0 unspecified atom stereocenters. The van der Waals surface area contributed by atoms with E-state index in [1.807, 2.05) is 6.92 Å². The first kappa shape index (κ1) is 16.5. The van der Waals surface area contributed by atoms with E-state index < -0.39 is 0 Å². The van der Waals surface area contributed by atoms with E-state index >= 15 is 0 Å². The monoisotopic (exact) mass is 312 g/mol. The number of rotatable bonds is 5. The predicted molar refractivity (Wildman–Crippen MR) is 90.0 cm³/mol. The van der Waals surface area contributed by atoms with Gasteiger partial charge in [-0.1, -0.05) is 12.1 Å². The summed E-state index contributed by atoms with van der Waals surface area (Å²) in [6.07, 6.45) is 0. The van der Waals surface area contributed by atoms with Crippen LogP contribution in [0.2, 0.25) is 0 Å². The molecule has 0 fully saturated rings. The van der Waals surface area contributed by atoms with Crippen LogP contribution < -0.4 is 10.1 Å². The highest BCUT2D eigenvalue weighted by molar-refractivity contribution is 6.05. The average Bonchev–Trinajstić information content (AvgIpc) is 2.55. The molecule has 0 heterocycles. The quantitative estimate of drug-likeness (QED) is 0.923. The maximum absolute atomic E-state index is 12.3. The Balaban J connectivity index is 2.15. The largest absolute Gasteiger partial charge is 0.494 e. The van der Waals surface area contributed by atoms with Crippen LogP contribution in [-0.4, -0.2) is 37.4 Å². The van der Waals surface area contributed by atoms with Gasteiger partial charge in [-0.3, -0.25) is 9.59 Å². The molecule has 2 aromatic carbocycles. The third-order valence-corrected chi connectivity index (χ3v) is 3.18. The fourth-order valence-electron chi connectivity index (χ4n) is 2.09. The highest BCUT2D eigenvalue weighted by Gasteiger charge is 2.11. The Morgan fingerprint density at radius 3 is 2.43 bits per heavy atom. The van der Waals surface area contributed by atoms with Crippen LogP contribution in [0.3, 0.4) is 0 Å². The number of benzene rings is 2. The Bertz CT molecular complexity index is 711. The molecule has 2 aromatic rings. The molecule has 1 N–H and O–H groups in total. The number of nitrogens with zero attached hydrogens (tertiary/aromatic N) is 1. The summed E-state index contributed by atoms with van der Waals surface area (Å²) in [5.41, 5.74) is 1.60. The summed E-state index contributed by atoms with van der Waals surface area (Å²) in [6.45, 7) is 2.43. The molecule has 23 heavy (non-hydrogen) atoms. The molecule has 0 radical (unpaired) electrons. The number of carbonyl (C=O) groups excluding carboxylic acids is 2. The number of nitrogens with one attached hydrogen (secondary N) is 1. The number of carbonyl (C=O) groups is 2. The lowest BCUT2D eigenvalue weighted by Gasteiger charge is -2.12. The van der Waals surface area contributed by atoms with Crippen molar-refractivity contribution in [2.45, 2.75) is 6.92 Å². The van der Waals surface area contributed by atoms with Gasteiger partial charge in [-0.05, 0) is 43.3 Å². The summed E-state index contributed by atoms with van der Waals surface area (Å²) in [5, 5.41) is 2.80. The van der Waals surface area contributed by atoms with Gasteiger partial charge in [-0.25, -0.2) is 0 Å². The van der Waals surface area contributed by atoms with Crippen LogP contribution >= 0.6 is 0 Å². The second-order valence-corrected chi connectivity index (χ2v) is 5.20. The van der Waals surface area contributed by atoms with Crippen LogP contribution in [-0.2, 0) is 0 Å². The SMILES string of the molecule is CCOc1cccc(C(=O)Nc2cccc(C(=O)N(C)C)c2)c1. The van der Waals surface area contributed by atoms with Gasteiger partial charge in [0, 0.05) is 30.9 Å². The van der Waals surface area contributed by atoms with E-state index in [0.717, 1.165) is 0 Å². The van der Waals surface area contributed by atoms with Crippen molar-refractivity contribution in [1.29, 1.82) is 0 Å². The normalized spacial score (nSPS) is 10.0. The fraction of sp³-hybridized carbons (Fsp3) is 0.222. The molecule has 0 saturated heterocycles. The van der Waals surface area contributed by atoms with Gasteiger partial charge in [0.1, 0.15) is 5.75 Å². The standard InChI is InChI=1S/C18H20N2O3/c1-4-23-16-10-6-7-13(12-16)17(21)19-15-9-5-8-14(11-15)18(22)20(2)3/h5-12H,4H2,1-3H3,(H,19,21). The molecule has 2 rings (SSSR count). The summed E-state index contributed by atoms with van der Waals surface area (Å²) < 4.78 is 5.39. The van der Waals surface area contributed by atoms with Crippen LogP contribution in [0.1, 0.15) is 27.6 Å². The highest BCUT2D eigenvalue weighted by Crippen LogP contribution is 2.16. The van der Waals surface area contributed by atoms with E-state index in [4.69, 9.17) is 4.74 Å². The summed E-state index contributed by atoms with van der Waals surface area (Å²) in [5.74, 6) is 0.289. The molecular formula is C18H20N2O3. The third kappa shape index (κ3) is 4.32. The average molecular weight is 312 g/mol. The zero-order chi connectivity index (χ0) is 16.8. The van der Waals surface area contributed by atoms with Crippen LogP contribution in [0.15, 0.2) is 48.5 Å². The number of anilines is 1. The van der Waals surface area contributed by atoms with Crippen LogP contribution in [0.4, 0.5) is 5.69 Å². The zero-order valence-corrected chi connectivity index (χ0v) is 13.5. The van der Waals surface area contributed by atoms with Gasteiger partial charge in [0.15, 0.2) is 0 Å². The Labute approximate surface area is 135 Å². The van der Waals surface area contributed by atoms with Gasteiger partial charge in [-0.15, -0.1) is 0 Å². The fourth-order valence-corrected chi connectivity index (χ4v) is 2.09. The minimum atomic E-state index is -0.249. The molecule has 2 amide bonds.